The van der Waals surface area contributed by atoms with Crippen molar-refractivity contribution in [2.75, 3.05) is 9.80 Å². The summed E-state index contributed by atoms with van der Waals surface area (Å²) in [6.07, 6.45) is 39.0. The van der Waals surface area contributed by atoms with Gasteiger partial charge < -0.3 is 9.80 Å². The summed E-state index contributed by atoms with van der Waals surface area (Å²) in [5.41, 5.74) is 17.0. The minimum Gasteiger partial charge on any atom is -0.312 e. The molecule has 4 heterocycles. The molecule has 0 aromatic heterocycles. The van der Waals surface area contributed by atoms with Crippen molar-refractivity contribution in [1.29, 1.82) is 0 Å². The largest absolute Gasteiger partial charge is 0.312 e. The van der Waals surface area contributed by atoms with Crippen LogP contribution in [0.2, 0.25) is 0 Å². The highest BCUT2D eigenvalue weighted by molar-refractivity contribution is 6.97. The number of hydrogen-bond donors (Lipinski definition) is 0. The molecule has 56 heavy (non-hydrogen) atoms. The monoisotopic (exact) mass is 720 g/mol. The predicted octanol–water partition coefficient (Wildman–Crippen LogP) is 10.7. The molecule has 270 valence electrons. The Morgan fingerprint density at radius 2 is 1.04 bits per heavy atom. The zero-order valence-electron chi connectivity index (χ0n) is 32.1. The molecular weight excluding hydrogens is 674 g/mol. The standard InChI is InChI=1S/C52H46B2N2/c1-11-21-30-37(26-14-4)55-47(19-9)51-41(28-16-6)39(18-8)43(33-23-13-3)53(51)45-35-50-46(36-49(45)55)54-44-34-25-24-32-40(44)42(29-17-7)52(54)48(20-10)56(50)38(27-15-5)31-22-12-2/h11-36H,1-10H2/b30-21-,31-22-,33-23-,37-26+,38-27+,41-28-,42-29-. The van der Waals surface area contributed by atoms with Gasteiger partial charge in [0.2, 0.25) is 13.4 Å². The number of nitrogens with zero attached hydrogens (tertiary/aromatic N) is 2. The fourth-order valence-electron chi connectivity index (χ4n) is 8.52. The molecule has 6 rings (SSSR count). The summed E-state index contributed by atoms with van der Waals surface area (Å²) in [4.78, 5) is 4.60. The lowest BCUT2D eigenvalue weighted by Crippen LogP contribution is -2.52. The van der Waals surface area contributed by atoms with Crippen LogP contribution in [-0.4, -0.2) is 13.4 Å². The third kappa shape index (κ3) is 6.26. The van der Waals surface area contributed by atoms with E-state index in [9.17, 15) is 0 Å². The molecule has 0 bridgehead atoms. The first-order chi connectivity index (χ1) is 27.4. The van der Waals surface area contributed by atoms with Crippen LogP contribution >= 0.6 is 0 Å². The van der Waals surface area contributed by atoms with Gasteiger partial charge in [0.1, 0.15) is 0 Å². The van der Waals surface area contributed by atoms with E-state index in [0.717, 1.165) is 78.2 Å². The fourth-order valence-corrected chi connectivity index (χ4v) is 8.52. The van der Waals surface area contributed by atoms with Gasteiger partial charge in [0, 0.05) is 34.2 Å². The number of benzene rings is 2. The van der Waals surface area contributed by atoms with Gasteiger partial charge in [-0.2, -0.15) is 0 Å². The molecule has 0 aliphatic carbocycles. The first-order valence-electron chi connectivity index (χ1n) is 18.6. The maximum atomic E-state index is 4.43. The predicted molar refractivity (Wildman–Crippen MR) is 251 cm³/mol. The molecule has 0 fully saturated rings. The van der Waals surface area contributed by atoms with Crippen molar-refractivity contribution >= 4 is 46.8 Å². The van der Waals surface area contributed by atoms with Gasteiger partial charge in [0.25, 0.3) is 0 Å². The third-order valence-corrected chi connectivity index (χ3v) is 10.4. The van der Waals surface area contributed by atoms with Crippen molar-refractivity contribution in [2.45, 2.75) is 0 Å². The molecule has 2 nitrogen and oxygen atoms in total. The molecule has 4 aliphatic rings. The van der Waals surface area contributed by atoms with E-state index < -0.39 is 0 Å². The number of rotatable bonds is 15. The first-order valence-corrected chi connectivity index (χ1v) is 18.6. The minimum absolute atomic E-state index is 0.0931. The molecule has 0 atom stereocenters. The number of allylic oxidation sites excluding steroid dienone is 26. The molecule has 0 spiro atoms. The lowest BCUT2D eigenvalue weighted by atomic mass is 9.33. The maximum absolute atomic E-state index is 4.43. The van der Waals surface area contributed by atoms with E-state index in [4.69, 9.17) is 0 Å². The van der Waals surface area contributed by atoms with Gasteiger partial charge in [0.05, 0.1) is 0 Å². The van der Waals surface area contributed by atoms with E-state index in [1.54, 1.807) is 12.2 Å². The second kappa shape index (κ2) is 17.0. The van der Waals surface area contributed by atoms with Crippen LogP contribution in [-0.2, 0) is 0 Å². The average molecular weight is 721 g/mol. The molecule has 0 N–H and O–H groups in total. The second-order valence-corrected chi connectivity index (χ2v) is 13.2. The highest BCUT2D eigenvalue weighted by atomic mass is 15.2. The zero-order chi connectivity index (χ0) is 39.9. The van der Waals surface area contributed by atoms with Gasteiger partial charge in [-0.3, -0.25) is 0 Å². The molecule has 0 unspecified atom stereocenters. The van der Waals surface area contributed by atoms with Crippen LogP contribution < -0.4 is 26.2 Å². The number of anilines is 2. The van der Waals surface area contributed by atoms with Crippen molar-refractivity contribution in [3.63, 3.8) is 0 Å². The first kappa shape index (κ1) is 38.7. The van der Waals surface area contributed by atoms with E-state index in [-0.39, 0.29) is 13.4 Å². The Bertz CT molecular complexity index is 2450. The van der Waals surface area contributed by atoms with Crippen molar-refractivity contribution in [1.82, 2.24) is 0 Å². The molecule has 2 aromatic rings. The highest BCUT2D eigenvalue weighted by Gasteiger charge is 2.48. The van der Waals surface area contributed by atoms with E-state index in [1.807, 2.05) is 79.0 Å². The Kier molecular flexibility index (Phi) is 11.7. The Hall–Kier alpha value is -7.03. The quantitative estimate of drug-likeness (QED) is 0.134. The Labute approximate surface area is 334 Å². The van der Waals surface area contributed by atoms with Crippen LogP contribution in [0.15, 0.2) is 274 Å². The normalized spacial score (nSPS) is 17.7. The van der Waals surface area contributed by atoms with Gasteiger partial charge in [-0.25, -0.2) is 0 Å². The summed E-state index contributed by atoms with van der Waals surface area (Å²) in [5, 5.41) is 0. The lowest BCUT2D eigenvalue weighted by Gasteiger charge is -2.42. The molecule has 4 aliphatic heterocycles. The number of hydrogen-bond acceptors (Lipinski definition) is 2. The van der Waals surface area contributed by atoms with Crippen LogP contribution in [0.4, 0.5) is 11.4 Å². The van der Waals surface area contributed by atoms with Crippen LogP contribution in [0.5, 0.6) is 0 Å². The van der Waals surface area contributed by atoms with E-state index >= 15 is 0 Å². The van der Waals surface area contributed by atoms with Gasteiger partial charge in [-0.05, 0) is 92.7 Å². The summed E-state index contributed by atoms with van der Waals surface area (Å²) in [6, 6.07) is 13.4. The van der Waals surface area contributed by atoms with Gasteiger partial charge in [-0.15, -0.1) is 0 Å². The molecule has 4 heteroatoms. The van der Waals surface area contributed by atoms with Crippen LogP contribution in [0.25, 0.3) is 5.57 Å². The summed E-state index contributed by atoms with van der Waals surface area (Å²) in [6.45, 7) is 41.3. The Morgan fingerprint density at radius 1 is 0.518 bits per heavy atom. The molecule has 2 aromatic carbocycles. The zero-order valence-corrected chi connectivity index (χ0v) is 32.1. The molecule has 0 saturated carbocycles. The van der Waals surface area contributed by atoms with E-state index in [2.05, 4.69) is 142 Å². The fraction of sp³-hybridized carbons (Fsp3) is 0. The van der Waals surface area contributed by atoms with Crippen LogP contribution in [0, 0.1) is 0 Å². The topological polar surface area (TPSA) is 6.48 Å². The summed E-state index contributed by atoms with van der Waals surface area (Å²) in [5.74, 6) is 0. The molecule has 0 amide bonds. The maximum Gasteiger partial charge on any atom is 0.248 e. The smallest absolute Gasteiger partial charge is 0.248 e. The van der Waals surface area contributed by atoms with Crippen molar-refractivity contribution in [3.05, 3.63) is 280 Å². The van der Waals surface area contributed by atoms with Gasteiger partial charge >= 0.3 is 0 Å². The lowest BCUT2D eigenvalue weighted by molar-refractivity contribution is 1.12. The van der Waals surface area contributed by atoms with Crippen molar-refractivity contribution in [2.24, 2.45) is 0 Å². The minimum atomic E-state index is -0.176. The number of fused-ring (bicyclic) bond motifs is 8. The SMILES string of the molecule is C=C/C=C\C1=C(C=C)C(=C/C=C)/C2=C(C=C)N(C(/C=C\C=C)=C/C=C)c3cc4c(cc3B12)N(C(/C=C\C=C)=C/C=C)C(C=C)=C1B4c2ccccc2/C1=C/C=C. The Balaban J connectivity index is 1.86. The summed E-state index contributed by atoms with van der Waals surface area (Å²) < 4.78 is 0. The molecule has 0 saturated heterocycles. The van der Waals surface area contributed by atoms with Crippen LogP contribution in [0.3, 0.4) is 0 Å². The van der Waals surface area contributed by atoms with Crippen molar-refractivity contribution in [3.8, 4) is 0 Å². The second-order valence-electron chi connectivity index (χ2n) is 13.2. The molecule has 0 radical (unpaired) electrons. The summed E-state index contributed by atoms with van der Waals surface area (Å²) >= 11 is 0. The van der Waals surface area contributed by atoms with Crippen molar-refractivity contribution < 1.29 is 0 Å². The molecular formula is C52H46B2N2. The van der Waals surface area contributed by atoms with E-state index in [0.29, 0.717) is 0 Å². The van der Waals surface area contributed by atoms with Gasteiger partial charge in [0.15, 0.2) is 0 Å². The highest BCUT2D eigenvalue weighted by Crippen LogP contribution is 2.48. The Morgan fingerprint density at radius 3 is 1.54 bits per heavy atom. The van der Waals surface area contributed by atoms with Gasteiger partial charge in [-0.1, -0.05) is 186 Å². The summed E-state index contributed by atoms with van der Waals surface area (Å²) in [7, 11) is 0. The average Bonchev–Trinajstić information content (AvgIpc) is 3.71. The third-order valence-electron chi connectivity index (χ3n) is 10.4. The van der Waals surface area contributed by atoms with E-state index in [1.165, 1.54) is 11.0 Å². The van der Waals surface area contributed by atoms with Crippen LogP contribution in [0.1, 0.15) is 5.56 Å².